The summed E-state index contributed by atoms with van der Waals surface area (Å²) in [6, 6.07) is 11.3. The number of hydrogen-bond acceptors (Lipinski definition) is 9. The second-order valence-corrected chi connectivity index (χ2v) is 8.30. The molecule has 0 fully saturated rings. The number of rotatable bonds is 8. The van der Waals surface area contributed by atoms with Crippen LogP contribution in [-0.4, -0.2) is 39.8 Å². The second kappa shape index (κ2) is 10.00. The highest BCUT2D eigenvalue weighted by Gasteiger charge is 2.19. The molecule has 31 heavy (non-hydrogen) atoms. The van der Waals surface area contributed by atoms with Gasteiger partial charge in [-0.1, -0.05) is 35.2 Å². The van der Waals surface area contributed by atoms with Crippen molar-refractivity contribution in [2.24, 2.45) is 0 Å². The molecule has 1 heterocycles. The van der Waals surface area contributed by atoms with E-state index in [1.165, 1.54) is 36.9 Å². The van der Waals surface area contributed by atoms with Gasteiger partial charge in [0.2, 0.25) is 11.0 Å². The Morgan fingerprint density at radius 3 is 2.71 bits per heavy atom. The molecule has 0 saturated carbocycles. The maximum atomic E-state index is 12.5. The molecule has 3 rings (SSSR count). The van der Waals surface area contributed by atoms with E-state index in [4.69, 9.17) is 4.74 Å². The summed E-state index contributed by atoms with van der Waals surface area (Å²) < 4.78 is 5.61. The van der Waals surface area contributed by atoms with Crippen LogP contribution in [0.15, 0.2) is 46.8 Å². The maximum Gasteiger partial charge on any atom is 0.273 e. The summed E-state index contributed by atoms with van der Waals surface area (Å²) in [6.45, 7) is 1.51. The molecule has 2 aromatic carbocycles. The van der Waals surface area contributed by atoms with Gasteiger partial charge in [0.25, 0.3) is 11.6 Å². The van der Waals surface area contributed by atoms with Crippen LogP contribution in [0.5, 0.6) is 5.75 Å². The molecule has 2 N–H and O–H groups in total. The number of ether oxygens (including phenoxy) is 1. The number of aromatic nitrogens is 2. The normalized spacial score (nSPS) is 10.4. The topological polar surface area (TPSA) is 136 Å². The zero-order chi connectivity index (χ0) is 22.4. The van der Waals surface area contributed by atoms with E-state index >= 15 is 0 Å². The summed E-state index contributed by atoms with van der Waals surface area (Å²) in [4.78, 5) is 35.1. The summed E-state index contributed by atoms with van der Waals surface area (Å²) in [5, 5.41) is 24.4. The molecule has 0 aliphatic rings. The zero-order valence-corrected chi connectivity index (χ0v) is 18.1. The van der Waals surface area contributed by atoms with Crippen molar-refractivity contribution in [2.45, 2.75) is 11.3 Å². The predicted molar refractivity (Wildman–Crippen MR) is 118 cm³/mol. The van der Waals surface area contributed by atoms with Gasteiger partial charge in [-0.25, -0.2) is 0 Å². The molecule has 2 amide bonds. The van der Waals surface area contributed by atoms with E-state index in [2.05, 4.69) is 20.8 Å². The van der Waals surface area contributed by atoms with E-state index in [0.717, 1.165) is 11.3 Å². The lowest BCUT2D eigenvalue weighted by Gasteiger charge is -2.06. The van der Waals surface area contributed by atoms with Gasteiger partial charge in [-0.15, -0.1) is 10.2 Å². The molecule has 0 saturated heterocycles. The number of carbonyl (C=O) groups excluding carboxylic acids is 2. The van der Waals surface area contributed by atoms with Crippen molar-refractivity contribution < 1.29 is 19.2 Å². The van der Waals surface area contributed by atoms with Crippen molar-refractivity contribution in [3.63, 3.8) is 0 Å². The Balaban J connectivity index is 1.57. The molecular weight excluding hydrogens is 442 g/mol. The first-order chi connectivity index (χ1) is 14.9. The Bertz CT molecular complexity index is 1130. The molecule has 3 aromatic rings. The van der Waals surface area contributed by atoms with Crippen LogP contribution in [0.1, 0.15) is 15.9 Å². The number of benzene rings is 2. The van der Waals surface area contributed by atoms with E-state index in [-0.39, 0.29) is 33.6 Å². The number of nitrogens with zero attached hydrogens (tertiary/aromatic N) is 3. The highest BCUT2D eigenvalue weighted by atomic mass is 32.2. The average Bonchev–Trinajstić information content (AvgIpc) is 3.19. The van der Waals surface area contributed by atoms with Gasteiger partial charge < -0.3 is 10.1 Å². The number of nitro benzene ring substituents is 1. The minimum Gasteiger partial charge on any atom is -0.497 e. The monoisotopic (exact) mass is 459 g/mol. The largest absolute Gasteiger partial charge is 0.497 e. The smallest absolute Gasteiger partial charge is 0.273 e. The molecule has 0 aliphatic carbocycles. The third-order valence-corrected chi connectivity index (χ3v) is 6.03. The number of anilines is 2. The van der Waals surface area contributed by atoms with Crippen LogP contribution in [0.25, 0.3) is 0 Å². The maximum absolute atomic E-state index is 12.5. The number of thioether (sulfide) groups is 1. The molecule has 0 radical (unpaired) electrons. The van der Waals surface area contributed by atoms with Gasteiger partial charge >= 0.3 is 0 Å². The van der Waals surface area contributed by atoms with Gasteiger partial charge in [0.1, 0.15) is 5.75 Å². The molecule has 12 heteroatoms. The van der Waals surface area contributed by atoms with Gasteiger partial charge in [0.15, 0.2) is 4.34 Å². The standard InChI is InChI=1S/C19H17N5O5S2/c1-11-14(7-4-8-15(11)24(27)28)17(26)21-18-22-23-19(31-18)30-10-16(25)20-12-5-3-6-13(9-12)29-2/h3-9H,10H2,1-2H3,(H,20,25)(H,21,22,26). The van der Waals surface area contributed by atoms with E-state index < -0.39 is 10.8 Å². The first kappa shape index (κ1) is 22.2. The van der Waals surface area contributed by atoms with Crippen molar-refractivity contribution in [3.05, 3.63) is 63.7 Å². The Kier molecular flexibility index (Phi) is 7.15. The van der Waals surface area contributed by atoms with E-state index in [9.17, 15) is 19.7 Å². The minimum absolute atomic E-state index is 0.101. The van der Waals surface area contributed by atoms with Gasteiger partial charge in [0, 0.05) is 28.9 Å². The zero-order valence-electron chi connectivity index (χ0n) is 16.4. The van der Waals surface area contributed by atoms with Gasteiger partial charge in [-0.3, -0.25) is 25.0 Å². The molecule has 0 aliphatic heterocycles. The Morgan fingerprint density at radius 1 is 1.19 bits per heavy atom. The molecule has 0 atom stereocenters. The first-order valence-electron chi connectivity index (χ1n) is 8.83. The Labute approximate surface area is 185 Å². The van der Waals surface area contributed by atoms with E-state index in [1.807, 2.05) is 0 Å². The van der Waals surface area contributed by atoms with Crippen LogP contribution in [0.4, 0.5) is 16.5 Å². The third kappa shape index (κ3) is 5.77. The predicted octanol–water partition coefficient (Wildman–Crippen LogP) is 3.75. The summed E-state index contributed by atoms with van der Waals surface area (Å²) in [5.74, 6) is -0.0195. The molecule has 0 bridgehead atoms. The van der Waals surface area contributed by atoms with Crippen molar-refractivity contribution in [1.29, 1.82) is 0 Å². The fourth-order valence-electron chi connectivity index (χ4n) is 2.58. The van der Waals surface area contributed by atoms with Gasteiger partial charge in [-0.2, -0.15) is 0 Å². The van der Waals surface area contributed by atoms with Crippen molar-refractivity contribution >= 4 is 51.4 Å². The molecule has 10 nitrogen and oxygen atoms in total. The lowest BCUT2D eigenvalue weighted by Crippen LogP contribution is -2.14. The van der Waals surface area contributed by atoms with Crippen molar-refractivity contribution in [2.75, 3.05) is 23.5 Å². The number of nitro groups is 1. The lowest BCUT2D eigenvalue weighted by molar-refractivity contribution is -0.385. The summed E-state index contributed by atoms with van der Waals surface area (Å²) in [7, 11) is 1.54. The van der Waals surface area contributed by atoms with E-state index in [1.54, 1.807) is 31.4 Å². The van der Waals surface area contributed by atoms with Crippen LogP contribution in [0.2, 0.25) is 0 Å². The molecular formula is C19H17N5O5S2. The SMILES string of the molecule is COc1cccc(NC(=O)CSc2nnc(NC(=O)c3cccc([N+](=O)[O-])c3C)s2)c1. The summed E-state index contributed by atoms with van der Waals surface area (Å²) in [6.07, 6.45) is 0. The summed E-state index contributed by atoms with van der Waals surface area (Å²) >= 11 is 2.27. The number of nitrogens with one attached hydrogen (secondary N) is 2. The Hall–Kier alpha value is -3.51. The number of carbonyl (C=O) groups is 2. The molecule has 0 spiro atoms. The number of amides is 2. The van der Waals surface area contributed by atoms with Crippen LogP contribution in [0, 0.1) is 17.0 Å². The number of hydrogen-bond donors (Lipinski definition) is 2. The Morgan fingerprint density at radius 2 is 1.97 bits per heavy atom. The lowest BCUT2D eigenvalue weighted by atomic mass is 10.1. The first-order valence-corrected chi connectivity index (χ1v) is 10.6. The minimum atomic E-state index is -0.539. The van der Waals surface area contributed by atoms with Gasteiger partial charge in [0.05, 0.1) is 17.8 Å². The van der Waals surface area contributed by atoms with Crippen LogP contribution in [0.3, 0.4) is 0 Å². The van der Waals surface area contributed by atoms with Crippen molar-refractivity contribution in [3.8, 4) is 5.75 Å². The van der Waals surface area contributed by atoms with Crippen LogP contribution in [-0.2, 0) is 4.79 Å². The van der Waals surface area contributed by atoms with E-state index in [0.29, 0.717) is 15.8 Å². The van der Waals surface area contributed by atoms with Crippen LogP contribution >= 0.6 is 23.1 Å². The molecule has 160 valence electrons. The highest BCUT2D eigenvalue weighted by molar-refractivity contribution is 8.01. The third-order valence-electron chi connectivity index (χ3n) is 4.05. The number of methoxy groups -OCH3 is 1. The quantitative estimate of drug-likeness (QED) is 0.225. The van der Waals surface area contributed by atoms with Crippen LogP contribution < -0.4 is 15.4 Å². The fraction of sp³-hybridized carbons (Fsp3) is 0.158. The fourth-order valence-corrected chi connectivity index (χ4v) is 4.12. The molecule has 0 unspecified atom stereocenters. The van der Waals surface area contributed by atoms with Crippen molar-refractivity contribution in [1.82, 2.24) is 10.2 Å². The van der Waals surface area contributed by atoms with Gasteiger partial charge in [-0.05, 0) is 25.1 Å². The summed E-state index contributed by atoms with van der Waals surface area (Å²) in [5.41, 5.74) is 0.917. The molecule has 1 aromatic heterocycles. The average molecular weight is 460 g/mol. The highest BCUT2D eigenvalue weighted by Crippen LogP contribution is 2.27. The second-order valence-electron chi connectivity index (χ2n) is 6.10.